The molecular weight excluding hydrogens is 268 g/mol. The van der Waals surface area contributed by atoms with Crippen LogP contribution < -0.4 is 15.5 Å². The molecule has 7 nitrogen and oxygen atoms in total. The lowest BCUT2D eigenvalue weighted by atomic mass is 10.1. The van der Waals surface area contributed by atoms with Gasteiger partial charge in [-0.3, -0.25) is 0 Å². The summed E-state index contributed by atoms with van der Waals surface area (Å²) in [4.78, 5) is 17.4. The quantitative estimate of drug-likeness (QED) is 0.810. The van der Waals surface area contributed by atoms with Crippen LogP contribution in [0.4, 0.5) is 17.8 Å². The largest absolute Gasteiger partial charge is 0.396 e. The second-order valence-electron chi connectivity index (χ2n) is 5.71. The van der Waals surface area contributed by atoms with Gasteiger partial charge in [-0.15, -0.1) is 0 Å². The van der Waals surface area contributed by atoms with Crippen molar-refractivity contribution < 1.29 is 5.11 Å². The Morgan fingerprint density at radius 1 is 1.19 bits per heavy atom. The Labute approximate surface area is 126 Å². The number of rotatable bonds is 6. The van der Waals surface area contributed by atoms with Gasteiger partial charge in [-0.1, -0.05) is 0 Å². The molecule has 0 unspecified atom stereocenters. The van der Waals surface area contributed by atoms with Gasteiger partial charge in [0, 0.05) is 32.3 Å². The molecule has 2 heterocycles. The Morgan fingerprint density at radius 3 is 2.52 bits per heavy atom. The first-order valence-electron chi connectivity index (χ1n) is 7.76. The minimum atomic E-state index is 0.156. The zero-order valence-corrected chi connectivity index (χ0v) is 13.0. The number of hydrogen-bond donors (Lipinski definition) is 2. The molecule has 1 aliphatic heterocycles. The van der Waals surface area contributed by atoms with Crippen LogP contribution in [0.15, 0.2) is 0 Å². The molecule has 0 radical (unpaired) electrons. The fourth-order valence-electron chi connectivity index (χ4n) is 2.56. The van der Waals surface area contributed by atoms with E-state index in [2.05, 4.69) is 38.6 Å². The maximum atomic E-state index is 9.04. The van der Waals surface area contributed by atoms with Crippen molar-refractivity contribution in [1.82, 2.24) is 15.0 Å². The number of aromatic nitrogens is 3. The molecule has 1 fully saturated rings. The number of aliphatic hydroxyl groups excluding tert-OH is 1. The number of piperidine rings is 1. The lowest BCUT2D eigenvalue weighted by Gasteiger charge is -2.30. The maximum Gasteiger partial charge on any atom is 0.232 e. The van der Waals surface area contributed by atoms with E-state index < -0.39 is 0 Å². The van der Waals surface area contributed by atoms with Crippen LogP contribution >= 0.6 is 0 Å². The van der Waals surface area contributed by atoms with Crippen molar-refractivity contribution >= 4 is 17.8 Å². The summed E-state index contributed by atoms with van der Waals surface area (Å²) in [5, 5.41) is 9.04. The van der Waals surface area contributed by atoms with E-state index in [1.807, 2.05) is 0 Å². The fraction of sp³-hybridized carbons (Fsp3) is 0.786. The number of nitrogen functional groups attached to an aromatic ring is 1. The minimum Gasteiger partial charge on any atom is -0.396 e. The summed E-state index contributed by atoms with van der Waals surface area (Å²) < 4.78 is 0. The van der Waals surface area contributed by atoms with Crippen LogP contribution in [0.25, 0.3) is 0 Å². The standard InChI is InChI=1S/C14H26N6O/c1-11(2)20(9-6-10-21)14-17-12(15)16-13(18-14)19-7-4-3-5-8-19/h11,21H,3-10H2,1-2H3,(H2,15,16,17,18). The van der Waals surface area contributed by atoms with Crippen LogP contribution in [0.2, 0.25) is 0 Å². The summed E-state index contributed by atoms with van der Waals surface area (Å²) in [7, 11) is 0. The van der Waals surface area contributed by atoms with E-state index in [0.717, 1.165) is 13.1 Å². The molecule has 3 N–H and O–H groups in total. The summed E-state index contributed by atoms with van der Waals surface area (Å²) in [6, 6.07) is 0.243. The third kappa shape index (κ3) is 4.17. The Balaban J connectivity index is 2.23. The first-order chi connectivity index (χ1) is 10.1. The molecule has 7 heteroatoms. The van der Waals surface area contributed by atoms with E-state index >= 15 is 0 Å². The van der Waals surface area contributed by atoms with E-state index in [1.54, 1.807) is 0 Å². The van der Waals surface area contributed by atoms with Gasteiger partial charge in [0.2, 0.25) is 17.8 Å². The van der Waals surface area contributed by atoms with Crippen molar-refractivity contribution in [3.63, 3.8) is 0 Å². The molecule has 21 heavy (non-hydrogen) atoms. The molecule has 0 amide bonds. The van der Waals surface area contributed by atoms with Gasteiger partial charge in [0.15, 0.2) is 0 Å². The summed E-state index contributed by atoms with van der Waals surface area (Å²) in [5.74, 6) is 1.54. The predicted octanol–water partition coefficient (Wildman–Crippen LogP) is 1.04. The molecule has 0 aliphatic carbocycles. The summed E-state index contributed by atoms with van der Waals surface area (Å²) >= 11 is 0. The van der Waals surface area contributed by atoms with Gasteiger partial charge in [-0.05, 0) is 39.5 Å². The van der Waals surface area contributed by atoms with Gasteiger partial charge in [-0.25, -0.2) is 0 Å². The summed E-state index contributed by atoms with van der Waals surface area (Å²) in [5.41, 5.74) is 5.87. The molecular formula is C14H26N6O. The predicted molar refractivity (Wildman–Crippen MR) is 84.5 cm³/mol. The molecule has 0 saturated carbocycles. The van der Waals surface area contributed by atoms with Gasteiger partial charge in [0.05, 0.1) is 0 Å². The van der Waals surface area contributed by atoms with Crippen molar-refractivity contribution in [2.75, 3.05) is 41.8 Å². The van der Waals surface area contributed by atoms with Crippen molar-refractivity contribution in [3.05, 3.63) is 0 Å². The minimum absolute atomic E-state index is 0.156. The van der Waals surface area contributed by atoms with Gasteiger partial charge in [0.1, 0.15) is 0 Å². The number of anilines is 3. The Morgan fingerprint density at radius 2 is 1.90 bits per heavy atom. The molecule has 118 valence electrons. The van der Waals surface area contributed by atoms with Crippen LogP contribution in [0.1, 0.15) is 39.5 Å². The lowest BCUT2D eigenvalue weighted by molar-refractivity contribution is 0.288. The van der Waals surface area contributed by atoms with E-state index in [9.17, 15) is 0 Å². The van der Waals surface area contributed by atoms with Crippen LogP contribution in [-0.4, -0.2) is 52.3 Å². The topological polar surface area (TPSA) is 91.4 Å². The van der Waals surface area contributed by atoms with E-state index in [0.29, 0.717) is 24.9 Å². The molecule has 0 atom stereocenters. The monoisotopic (exact) mass is 294 g/mol. The second kappa shape index (κ2) is 7.40. The maximum absolute atomic E-state index is 9.04. The zero-order chi connectivity index (χ0) is 15.2. The molecule has 1 aliphatic rings. The zero-order valence-electron chi connectivity index (χ0n) is 13.0. The second-order valence-corrected chi connectivity index (χ2v) is 5.71. The highest BCUT2D eigenvalue weighted by molar-refractivity contribution is 5.44. The first-order valence-corrected chi connectivity index (χ1v) is 7.76. The van der Waals surface area contributed by atoms with Crippen LogP contribution in [0.3, 0.4) is 0 Å². The normalized spacial score (nSPS) is 15.5. The molecule has 2 rings (SSSR count). The Bertz CT molecular complexity index is 447. The van der Waals surface area contributed by atoms with Crippen LogP contribution in [0, 0.1) is 0 Å². The van der Waals surface area contributed by atoms with Gasteiger partial charge in [-0.2, -0.15) is 15.0 Å². The fourth-order valence-corrected chi connectivity index (χ4v) is 2.56. The third-order valence-corrected chi connectivity index (χ3v) is 3.71. The lowest BCUT2D eigenvalue weighted by Crippen LogP contribution is -2.36. The highest BCUT2D eigenvalue weighted by Gasteiger charge is 2.19. The molecule has 1 aromatic rings. The first kappa shape index (κ1) is 15.8. The molecule has 1 aromatic heterocycles. The third-order valence-electron chi connectivity index (χ3n) is 3.71. The summed E-state index contributed by atoms with van der Waals surface area (Å²) in [6.45, 7) is 6.97. The van der Waals surface area contributed by atoms with Crippen molar-refractivity contribution in [1.29, 1.82) is 0 Å². The number of nitrogens with zero attached hydrogens (tertiary/aromatic N) is 5. The SMILES string of the molecule is CC(C)N(CCCO)c1nc(N)nc(N2CCCCC2)n1. The van der Waals surface area contributed by atoms with Crippen molar-refractivity contribution in [3.8, 4) is 0 Å². The van der Waals surface area contributed by atoms with E-state index in [-0.39, 0.29) is 18.6 Å². The number of nitrogens with two attached hydrogens (primary N) is 1. The highest BCUT2D eigenvalue weighted by Crippen LogP contribution is 2.20. The number of hydrogen-bond acceptors (Lipinski definition) is 7. The highest BCUT2D eigenvalue weighted by atomic mass is 16.3. The van der Waals surface area contributed by atoms with E-state index in [1.165, 1.54) is 19.3 Å². The molecule has 0 spiro atoms. The van der Waals surface area contributed by atoms with Gasteiger partial charge >= 0.3 is 0 Å². The van der Waals surface area contributed by atoms with Crippen molar-refractivity contribution in [2.24, 2.45) is 0 Å². The summed E-state index contributed by atoms with van der Waals surface area (Å²) in [6.07, 6.45) is 4.28. The Kier molecular flexibility index (Phi) is 5.55. The average molecular weight is 294 g/mol. The van der Waals surface area contributed by atoms with Gasteiger partial charge in [0.25, 0.3) is 0 Å². The van der Waals surface area contributed by atoms with Crippen molar-refractivity contribution in [2.45, 2.75) is 45.6 Å². The average Bonchev–Trinajstić information content (AvgIpc) is 2.48. The smallest absolute Gasteiger partial charge is 0.232 e. The molecule has 1 saturated heterocycles. The molecule has 0 aromatic carbocycles. The van der Waals surface area contributed by atoms with Crippen LogP contribution in [-0.2, 0) is 0 Å². The van der Waals surface area contributed by atoms with Gasteiger partial charge < -0.3 is 20.6 Å². The Hall–Kier alpha value is -1.63. The molecule has 0 bridgehead atoms. The van der Waals surface area contributed by atoms with Crippen LogP contribution in [0.5, 0.6) is 0 Å². The number of aliphatic hydroxyl groups is 1. The van der Waals surface area contributed by atoms with E-state index in [4.69, 9.17) is 10.8 Å².